The Labute approximate surface area is 172 Å². The SMILES string of the molecule is CCC(NC=O)C(=O)NC(C)Cc1cc(C)c(Oc2ccc(O)c(C)c2)c(C)c1. The molecule has 3 N–H and O–H groups in total. The third kappa shape index (κ3) is 5.98. The van der Waals surface area contributed by atoms with Crippen LogP contribution < -0.4 is 15.4 Å². The maximum absolute atomic E-state index is 12.2. The highest BCUT2D eigenvalue weighted by Crippen LogP contribution is 2.32. The van der Waals surface area contributed by atoms with Gasteiger partial charge in [0.15, 0.2) is 0 Å². The molecule has 0 spiro atoms. The smallest absolute Gasteiger partial charge is 0.242 e. The molecule has 0 fully saturated rings. The third-order valence-electron chi connectivity index (χ3n) is 4.83. The molecule has 6 heteroatoms. The van der Waals surface area contributed by atoms with E-state index in [1.807, 2.05) is 34.6 Å². The van der Waals surface area contributed by atoms with Gasteiger partial charge in [-0.05, 0) is 81.0 Å². The van der Waals surface area contributed by atoms with Gasteiger partial charge in [0, 0.05) is 6.04 Å². The predicted molar refractivity (Wildman–Crippen MR) is 113 cm³/mol. The van der Waals surface area contributed by atoms with Crippen LogP contribution in [-0.2, 0) is 16.0 Å². The van der Waals surface area contributed by atoms with Gasteiger partial charge in [-0.3, -0.25) is 9.59 Å². The van der Waals surface area contributed by atoms with Gasteiger partial charge >= 0.3 is 0 Å². The maximum atomic E-state index is 12.2. The molecule has 2 aromatic rings. The Bertz CT molecular complexity index is 856. The van der Waals surface area contributed by atoms with E-state index in [9.17, 15) is 14.7 Å². The molecule has 0 saturated heterocycles. The number of phenolic OH excluding ortho intramolecular Hbond substituents is 1. The number of amides is 2. The van der Waals surface area contributed by atoms with E-state index in [1.165, 1.54) is 0 Å². The van der Waals surface area contributed by atoms with Crippen LogP contribution in [-0.4, -0.2) is 29.5 Å². The van der Waals surface area contributed by atoms with Gasteiger partial charge in [0.1, 0.15) is 23.3 Å². The van der Waals surface area contributed by atoms with E-state index in [-0.39, 0.29) is 17.7 Å². The van der Waals surface area contributed by atoms with E-state index in [2.05, 4.69) is 22.8 Å². The second-order valence-electron chi connectivity index (χ2n) is 7.47. The number of carbonyl (C=O) groups is 2. The Morgan fingerprint density at radius 2 is 1.79 bits per heavy atom. The quantitative estimate of drug-likeness (QED) is 0.562. The van der Waals surface area contributed by atoms with Gasteiger partial charge in [-0.2, -0.15) is 0 Å². The summed E-state index contributed by atoms with van der Waals surface area (Å²) in [4.78, 5) is 22.9. The lowest BCUT2D eigenvalue weighted by molar-refractivity contribution is -0.125. The highest BCUT2D eigenvalue weighted by atomic mass is 16.5. The number of aromatic hydroxyl groups is 1. The van der Waals surface area contributed by atoms with Crippen LogP contribution in [0.25, 0.3) is 0 Å². The molecule has 0 aromatic heterocycles. The standard InChI is InChI=1S/C23H30N2O4/c1-6-20(24-13-26)23(28)25-17(5)12-18-9-15(3)22(16(4)10-18)29-19-7-8-21(27)14(2)11-19/h7-11,13,17,20,27H,6,12H2,1-5H3,(H,24,26)(H,25,28). The number of ether oxygens (including phenoxy) is 1. The second-order valence-corrected chi connectivity index (χ2v) is 7.47. The summed E-state index contributed by atoms with van der Waals surface area (Å²) in [5, 5.41) is 15.2. The molecule has 0 heterocycles. The molecule has 0 aliphatic heterocycles. The van der Waals surface area contributed by atoms with E-state index in [1.54, 1.807) is 18.2 Å². The zero-order chi connectivity index (χ0) is 21.6. The highest BCUT2D eigenvalue weighted by molar-refractivity contribution is 5.83. The largest absolute Gasteiger partial charge is 0.508 e. The lowest BCUT2D eigenvalue weighted by atomic mass is 10.0. The van der Waals surface area contributed by atoms with Crippen LogP contribution in [0.5, 0.6) is 17.2 Å². The summed E-state index contributed by atoms with van der Waals surface area (Å²) >= 11 is 0. The lowest BCUT2D eigenvalue weighted by Gasteiger charge is -2.20. The summed E-state index contributed by atoms with van der Waals surface area (Å²) in [6.07, 6.45) is 1.77. The van der Waals surface area contributed by atoms with Gasteiger partial charge in [0.05, 0.1) is 0 Å². The van der Waals surface area contributed by atoms with Gasteiger partial charge in [-0.1, -0.05) is 19.1 Å². The van der Waals surface area contributed by atoms with Crippen molar-refractivity contribution in [1.29, 1.82) is 0 Å². The molecule has 156 valence electrons. The normalized spacial score (nSPS) is 12.7. The Morgan fingerprint density at radius 1 is 1.14 bits per heavy atom. The Morgan fingerprint density at radius 3 is 2.34 bits per heavy atom. The van der Waals surface area contributed by atoms with Crippen molar-refractivity contribution in [2.75, 3.05) is 0 Å². The molecule has 2 amide bonds. The highest BCUT2D eigenvalue weighted by Gasteiger charge is 2.18. The average molecular weight is 399 g/mol. The number of nitrogens with one attached hydrogen (secondary N) is 2. The summed E-state index contributed by atoms with van der Waals surface area (Å²) in [5.74, 6) is 1.53. The van der Waals surface area contributed by atoms with E-state index in [0.29, 0.717) is 25.0 Å². The molecular formula is C23H30N2O4. The van der Waals surface area contributed by atoms with Crippen LogP contribution in [0.1, 0.15) is 42.5 Å². The molecule has 0 bridgehead atoms. The van der Waals surface area contributed by atoms with Gasteiger partial charge in [0.25, 0.3) is 0 Å². The van der Waals surface area contributed by atoms with Crippen molar-refractivity contribution in [3.8, 4) is 17.2 Å². The van der Waals surface area contributed by atoms with Crippen molar-refractivity contribution in [2.24, 2.45) is 0 Å². The zero-order valence-electron chi connectivity index (χ0n) is 17.7. The number of hydrogen-bond acceptors (Lipinski definition) is 4. The van der Waals surface area contributed by atoms with Gasteiger partial charge in [0.2, 0.25) is 12.3 Å². The topological polar surface area (TPSA) is 87.7 Å². The summed E-state index contributed by atoms with van der Waals surface area (Å²) in [6.45, 7) is 9.60. The van der Waals surface area contributed by atoms with Crippen molar-refractivity contribution in [3.05, 3.63) is 52.6 Å². The number of benzene rings is 2. The van der Waals surface area contributed by atoms with E-state index in [0.717, 1.165) is 28.0 Å². The molecule has 2 atom stereocenters. The molecule has 0 radical (unpaired) electrons. The van der Waals surface area contributed by atoms with E-state index >= 15 is 0 Å². The molecule has 0 saturated carbocycles. The molecule has 0 aliphatic rings. The van der Waals surface area contributed by atoms with Crippen LogP contribution in [0, 0.1) is 20.8 Å². The first-order chi connectivity index (χ1) is 13.7. The van der Waals surface area contributed by atoms with Crippen LogP contribution in [0.4, 0.5) is 0 Å². The molecule has 0 aliphatic carbocycles. The fourth-order valence-corrected chi connectivity index (χ4v) is 3.34. The zero-order valence-corrected chi connectivity index (χ0v) is 17.7. The Balaban J connectivity index is 2.09. The molecule has 29 heavy (non-hydrogen) atoms. The molecule has 2 unspecified atom stereocenters. The minimum Gasteiger partial charge on any atom is -0.508 e. The Hall–Kier alpha value is -3.02. The average Bonchev–Trinajstić information content (AvgIpc) is 2.65. The summed E-state index contributed by atoms with van der Waals surface area (Å²) < 4.78 is 6.05. The summed E-state index contributed by atoms with van der Waals surface area (Å²) in [5.41, 5.74) is 3.85. The minimum absolute atomic E-state index is 0.0738. The number of carbonyl (C=O) groups excluding carboxylic acids is 2. The third-order valence-corrected chi connectivity index (χ3v) is 4.83. The van der Waals surface area contributed by atoms with E-state index < -0.39 is 6.04 Å². The monoisotopic (exact) mass is 398 g/mol. The Kier molecular flexibility index (Phi) is 7.65. The fraction of sp³-hybridized carbons (Fsp3) is 0.391. The van der Waals surface area contributed by atoms with Crippen molar-refractivity contribution in [3.63, 3.8) is 0 Å². The van der Waals surface area contributed by atoms with E-state index in [4.69, 9.17) is 4.74 Å². The first kappa shape index (κ1) is 22.3. The minimum atomic E-state index is -0.511. The molecule has 2 rings (SSSR count). The molecule has 2 aromatic carbocycles. The van der Waals surface area contributed by atoms with Gasteiger partial charge in [-0.15, -0.1) is 0 Å². The van der Waals surface area contributed by atoms with Gasteiger partial charge in [-0.25, -0.2) is 0 Å². The maximum Gasteiger partial charge on any atom is 0.242 e. The van der Waals surface area contributed by atoms with Crippen LogP contribution in [0.2, 0.25) is 0 Å². The van der Waals surface area contributed by atoms with Crippen LogP contribution in [0.3, 0.4) is 0 Å². The van der Waals surface area contributed by atoms with Crippen LogP contribution >= 0.6 is 0 Å². The van der Waals surface area contributed by atoms with Crippen molar-refractivity contribution >= 4 is 12.3 Å². The molecular weight excluding hydrogens is 368 g/mol. The number of rotatable bonds is 9. The first-order valence-corrected chi connectivity index (χ1v) is 9.82. The predicted octanol–water partition coefficient (Wildman–Crippen LogP) is 3.68. The number of phenols is 1. The summed E-state index contributed by atoms with van der Waals surface area (Å²) in [6, 6.07) is 8.69. The van der Waals surface area contributed by atoms with Crippen molar-refractivity contribution in [2.45, 2.75) is 59.5 Å². The lowest BCUT2D eigenvalue weighted by Crippen LogP contribution is -2.46. The summed E-state index contributed by atoms with van der Waals surface area (Å²) in [7, 11) is 0. The molecule has 6 nitrogen and oxygen atoms in total. The van der Waals surface area contributed by atoms with Crippen molar-refractivity contribution in [1.82, 2.24) is 10.6 Å². The van der Waals surface area contributed by atoms with Crippen LogP contribution in [0.15, 0.2) is 30.3 Å². The first-order valence-electron chi connectivity index (χ1n) is 9.82. The second kappa shape index (κ2) is 9.96. The van der Waals surface area contributed by atoms with Gasteiger partial charge < -0.3 is 20.5 Å². The number of hydrogen-bond donors (Lipinski definition) is 3. The number of aryl methyl sites for hydroxylation is 3. The van der Waals surface area contributed by atoms with Crippen molar-refractivity contribution < 1.29 is 19.4 Å². The fourth-order valence-electron chi connectivity index (χ4n) is 3.34.